The van der Waals surface area contributed by atoms with Gasteiger partial charge in [0.25, 0.3) is 0 Å². The minimum atomic E-state index is -1.06. The fourth-order valence-corrected chi connectivity index (χ4v) is 3.04. The molecule has 0 aliphatic rings. The summed E-state index contributed by atoms with van der Waals surface area (Å²) in [6.45, 7) is 1.79. The van der Waals surface area contributed by atoms with Crippen LogP contribution in [-0.2, 0) is 0 Å². The lowest BCUT2D eigenvalue weighted by molar-refractivity contribution is 0.0697. The number of aromatic nitrogens is 2. The third kappa shape index (κ3) is 4.08. The topological polar surface area (TPSA) is 79.5 Å². The van der Waals surface area contributed by atoms with Crippen molar-refractivity contribution in [1.82, 2.24) is 9.78 Å². The zero-order valence-electron chi connectivity index (χ0n) is 13.9. The second-order valence-corrected chi connectivity index (χ2v) is 6.70. The molecular formula is C18H13Cl3N4O2. The van der Waals surface area contributed by atoms with Gasteiger partial charge in [-0.3, -0.25) is 5.43 Å². The standard InChI is InChI=1S/C18H13Cl3N4O2/c1-10-12(17(21)25(24-10)16-5-3-2-4-14(16)20)9-22-23-15-8-11(18(26)27)6-7-13(15)19/h2-9,23H,1H3,(H,26,27)/b22-9+. The maximum atomic E-state index is 11.1. The van der Waals surface area contributed by atoms with E-state index < -0.39 is 5.97 Å². The van der Waals surface area contributed by atoms with Gasteiger partial charge < -0.3 is 5.11 Å². The highest BCUT2D eigenvalue weighted by Gasteiger charge is 2.15. The lowest BCUT2D eigenvalue weighted by Gasteiger charge is -2.05. The van der Waals surface area contributed by atoms with E-state index in [-0.39, 0.29) is 5.56 Å². The predicted octanol–water partition coefficient (Wildman–Crippen LogP) is 5.29. The summed E-state index contributed by atoms with van der Waals surface area (Å²) in [6, 6.07) is 11.5. The van der Waals surface area contributed by atoms with Crippen LogP contribution in [-0.4, -0.2) is 27.1 Å². The summed E-state index contributed by atoms with van der Waals surface area (Å²) in [4.78, 5) is 11.1. The van der Waals surface area contributed by atoms with Crippen molar-refractivity contribution in [3.63, 3.8) is 0 Å². The van der Waals surface area contributed by atoms with Crippen LogP contribution in [0.5, 0.6) is 0 Å². The van der Waals surface area contributed by atoms with E-state index in [2.05, 4.69) is 15.6 Å². The first-order valence-corrected chi connectivity index (χ1v) is 8.84. The Balaban J connectivity index is 1.88. The number of nitrogens with one attached hydrogen (secondary N) is 1. The van der Waals surface area contributed by atoms with Crippen molar-refractivity contribution in [3.05, 3.63) is 74.5 Å². The number of carboxylic acid groups (broad SMARTS) is 1. The summed E-state index contributed by atoms with van der Waals surface area (Å²) in [7, 11) is 0. The molecule has 1 aromatic heterocycles. The van der Waals surface area contributed by atoms with Gasteiger partial charge in [0.15, 0.2) is 0 Å². The van der Waals surface area contributed by atoms with Gasteiger partial charge in [-0.2, -0.15) is 10.2 Å². The maximum Gasteiger partial charge on any atom is 0.335 e. The molecule has 0 atom stereocenters. The molecule has 0 bridgehead atoms. The molecule has 138 valence electrons. The van der Waals surface area contributed by atoms with Crippen LogP contribution >= 0.6 is 34.8 Å². The largest absolute Gasteiger partial charge is 0.478 e. The fourth-order valence-electron chi connectivity index (χ4n) is 2.35. The van der Waals surface area contributed by atoms with Crippen LogP contribution in [0, 0.1) is 6.92 Å². The number of carboxylic acids is 1. The van der Waals surface area contributed by atoms with E-state index in [0.29, 0.717) is 37.8 Å². The monoisotopic (exact) mass is 422 g/mol. The van der Waals surface area contributed by atoms with Crippen LogP contribution in [0.1, 0.15) is 21.6 Å². The van der Waals surface area contributed by atoms with Crippen molar-refractivity contribution in [2.24, 2.45) is 5.10 Å². The van der Waals surface area contributed by atoms with Crippen molar-refractivity contribution in [2.45, 2.75) is 6.92 Å². The number of halogens is 3. The Morgan fingerprint density at radius 1 is 1.19 bits per heavy atom. The number of hydrogen-bond acceptors (Lipinski definition) is 4. The summed E-state index contributed by atoms with van der Waals surface area (Å²) >= 11 is 18.7. The van der Waals surface area contributed by atoms with Crippen LogP contribution in [0.15, 0.2) is 47.6 Å². The number of para-hydroxylation sites is 1. The zero-order valence-corrected chi connectivity index (χ0v) is 16.2. The number of hydrogen-bond donors (Lipinski definition) is 2. The van der Waals surface area contributed by atoms with Gasteiger partial charge in [0.1, 0.15) is 5.15 Å². The number of aryl methyl sites for hydroxylation is 1. The van der Waals surface area contributed by atoms with E-state index in [1.807, 2.05) is 12.1 Å². The Labute approximate surface area is 170 Å². The summed E-state index contributed by atoms with van der Waals surface area (Å²) in [5.41, 5.74) is 5.07. The molecule has 3 rings (SSSR count). The Morgan fingerprint density at radius 3 is 2.63 bits per heavy atom. The lowest BCUT2D eigenvalue weighted by Crippen LogP contribution is -1.99. The number of nitrogens with zero attached hydrogens (tertiary/aromatic N) is 3. The Morgan fingerprint density at radius 2 is 1.93 bits per heavy atom. The molecule has 0 saturated carbocycles. The van der Waals surface area contributed by atoms with Crippen LogP contribution in [0.3, 0.4) is 0 Å². The number of benzene rings is 2. The first kappa shape index (κ1) is 19.2. The van der Waals surface area contributed by atoms with E-state index in [0.717, 1.165) is 0 Å². The molecule has 27 heavy (non-hydrogen) atoms. The van der Waals surface area contributed by atoms with Crippen LogP contribution in [0.25, 0.3) is 5.69 Å². The SMILES string of the molecule is Cc1nn(-c2ccccc2Cl)c(Cl)c1/C=N/Nc1cc(C(=O)O)ccc1Cl. The molecule has 0 amide bonds. The molecule has 0 aliphatic carbocycles. The molecule has 0 unspecified atom stereocenters. The van der Waals surface area contributed by atoms with Crippen molar-refractivity contribution >= 4 is 52.7 Å². The number of aromatic carboxylic acids is 1. The molecule has 2 N–H and O–H groups in total. The molecule has 6 nitrogen and oxygen atoms in total. The highest BCUT2D eigenvalue weighted by atomic mass is 35.5. The Kier molecular flexibility index (Phi) is 5.70. The van der Waals surface area contributed by atoms with E-state index >= 15 is 0 Å². The van der Waals surface area contributed by atoms with Crippen LogP contribution in [0.4, 0.5) is 5.69 Å². The third-order valence-corrected chi connectivity index (χ3v) is 4.73. The van der Waals surface area contributed by atoms with Gasteiger partial charge in [-0.05, 0) is 37.3 Å². The molecule has 0 saturated heterocycles. The predicted molar refractivity (Wildman–Crippen MR) is 108 cm³/mol. The van der Waals surface area contributed by atoms with Gasteiger partial charge in [0.2, 0.25) is 0 Å². The average molecular weight is 424 g/mol. The zero-order chi connectivity index (χ0) is 19.6. The number of anilines is 1. The second-order valence-electron chi connectivity index (χ2n) is 5.52. The van der Waals surface area contributed by atoms with Crippen molar-refractivity contribution in [2.75, 3.05) is 5.43 Å². The summed E-state index contributed by atoms with van der Waals surface area (Å²) < 4.78 is 1.53. The van der Waals surface area contributed by atoms with E-state index in [1.165, 1.54) is 29.1 Å². The number of hydrazone groups is 1. The molecule has 0 radical (unpaired) electrons. The van der Waals surface area contributed by atoms with Crippen molar-refractivity contribution < 1.29 is 9.90 Å². The van der Waals surface area contributed by atoms with Crippen molar-refractivity contribution in [3.8, 4) is 5.69 Å². The first-order chi connectivity index (χ1) is 12.9. The molecule has 2 aromatic carbocycles. The van der Waals surface area contributed by atoms with Gasteiger partial charge in [-0.25, -0.2) is 9.48 Å². The molecule has 3 aromatic rings. The lowest BCUT2D eigenvalue weighted by atomic mass is 10.2. The normalized spacial score (nSPS) is 11.1. The highest BCUT2D eigenvalue weighted by molar-refractivity contribution is 6.34. The highest BCUT2D eigenvalue weighted by Crippen LogP contribution is 2.27. The summed E-state index contributed by atoms with van der Waals surface area (Å²) in [6.07, 6.45) is 1.49. The van der Waals surface area contributed by atoms with Gasteiger partial charge in [-0.1, -0.05) is 46.9 Å². The van der Waals surface area contributed by atoms with E-state index in [4.69, 9.17) is 39.9 Å². The number of rotatable bonds is 5. The Bertz CT molecular complexity index is 1050. The Hall–Kier alpha value is -2.54. The quantitative estimate of drug-likeness (QED) is 0.432. The van der Waals surface area contributed by atoms with Gasteiger partial charge in [0.05, 0.1) is 44.5 Å². The molecule has 0 aliphatic heterocycles. The molecule has 9 heteroatoms. The fraction of sp³-hybridized carbons (Fsp3) is 0.0556. The smallest absolute Gasteiger partial charge is 0.335 e. The minimum Gasteiger partial charge on any atom is -0.478 e. The molecular weight excluding hydrogens is 411 g/mol. The molecule has 0 fully saturated rings. The van der Waals surface area contributed by atoms with Crippen LogP contribution in [0.2, 0.25) is 15.2 Å². The van der Waals surface area contributed by atoms with Crippen molar-refractivity contribution in [1.29, 1.82) is 0 Å². The summed E-state index contributed by atoms with van der Waals surface area (Å²) in [5.74, 6) is -1.06. The maximum absolute atomic E-state index is 11.1. The summed E-state index contributed by atoms with van der Waals surface area (Å²) in [5, 5.41) is 18.8. The minimum absolute atomic E-state index is 0.0952. The third-order valence-electron chi connectivity index (χ3n) is 3.72. The van der Waals surface area contributed by atoms with Gasteiger partial charge in [-0.15, -0.1) is 0 Å². The first-order valence-electron chi connectivity index (χ1n) is 7.70. The van der Waals surface area contributed by atoms with Gasteiger partial charge in [0, 0.05) is 0 Å². The molecule has 0 spiro atoms. The van der Waals surface area contributed by atoms with Gasteiger partial charge >= 0.3 is 5.97 Å². The van der Waals surface area contributed by atoms with E-state index in [1.54, 1.807) is 19.1 Å². The second kappa shape index (κ2) is 8.00. The number of carbonyl (C=O) groups is 1. The van der Waals surface area contributed by atoms with Crippen LogP contribution < -0.4 is 5.43 Å². The average Bonchev–Trinajstić information content (AvgIpc) is 2.91. The molecule has 1 heterocycles. The van der Waals surface area contributed by atoms with E-state index in [9.17, 15) is 4.79 Å².